The van der Waals surface area contributed by atoms with Crippen LogP contribution in [0, 0.1) is 11.8 Å². The van der Waals surface area contributed by atoms with Crippen molar-refractivity contribution in [3.05, 3.63) is 48.6 Å². The van der Waals surface area contributed by atoms with E-state index in [1.54, 1.807) is 52.0 Å². The Labute approximate surface area is 343 Å². The van der Waals surface area contributed by atoms with Crippen LogP contribution in [0.25, 0.3) is 0 Å². The Morgan fingerprint density at radius 1 is 0.483 bits per heavy atom. The van der Waals surface area contributed by atoms with Crippen molar-refractivity contribution in [2.24, 2.45) is 11.8 Å². The van der Waals surface area contributed by atoms with Crippen molar-refractivity contribution in [2.45, 2.75) is 191 Å². The fourth-order valence-corrected chi connectivity index (χ4v) is 7.45. The third kappa shape index (κ3) is 15.8. The lowest BCUT2D eigenvalue weighted by Gasteiger charge is -2.43. The van der Waals surface area contributed by atoms with Gasteiger partial charge in [0.25, 0.3) is 0 Å². The first-order chi connectivity index (χ1) is 27.4. The number of hydrogen-bond acceptors (Lipinski definition) is 14. The Balaban J connectivity index is 1.63. The number of hydrogen-bond donors (Lipinski definition) is 6. The van der Waals surface area contributed by atoms with Crippen molar-refractivity contribution in [1.29, 1.82) is 0 Å². The minimum Gasteiger partial charge on any atom is -0.461 e. The van der Waals surface area contributed by atoms with Crippen LogP contribution in [0.1, 0.15) is 130 Å². The fraction of sp³-hybridized carbons (Fsp3) is 0.727. The molecule has 0 aliphatic carbocycles. The lowest BCUT2D eigenvalue weighted by Crippen LogP contribution is -2.58. The number of aliphatic hydroxyl groups is 6. The van der Waals surface area contributed by atoms with Crippen molar-refractivity contribution >= 4 is 23.5 Å². The average Bonchev–Trinajstić information content (AvgIpc) is 3.15. The van der Waals surface area contributed by atoms with Gasteiger partial charge < -0.3 is 49.6 Å². The zero-order valence-corrected chi connectivity index (χ0v) is 34.7. The molecule has 328 valence electrons. The highest BCUT2D eigenvalue weighted by Gasteiger charge is 2.52. The van der Waals surface area contributed by atoms with Crippen molar-refractivity contribution in [3.63, 3.8) is 0 Å². The van der Waals surface area contributed by atoms with Crippen molar-refractivity contribution < 1.29 is 68.8 Å². The summed E-state index contributed by atoms with van der Waals surface area (Å²) in [5, 5.41) is 65.2. The molecule has 0 amide bonds. The summed E-state index contributed by atoms with van der Waals surface area (Å²) in [4.78, 5) is 51.4. The number of carbonyl (C=O) groups excluding carboxylic acids is 4. The highest BCUT2D eigenvalue weighted by molar-refractivity contribution is 5.80. The molecule has 2 unspecified atom stereocenters. The summed E-state index contributed by atoms with van der Waals surface area (Å²) in [7, 11) is 0. The Hall–Kier alpha value is -3.08. The molecule has 3 aliphatic heterocycles. The maximum absolute atomic E-state index is 12.9. The van der Waals surface area contributed by atoms with Crippen LogP contribution in [-0.2, 0) is 38.1 Å². The average molecular weight is 821 g/mol. The minimum atomic E-state index is -2.24. The van der Waals surface area contributed by atoms with E-state index in [9.17, 15) is 49.8 Å². The molecule has 3 rings (SSSR count). The van der Waals surface area contributed by atoms with Gasteiger partial charge in [0, 0.05) is 37.5 Å². The third-order valence-corrected chi connectivity index (χ3v) is 11.2. The molecular weight excluding hydrogens is 752 g/mol. The highest BCUT2D eigenvalue weighted by atomic mass is 16.7. The number of rotatable bonds is 0. The van der Waals surface area contributed by atoms with Crippen LogP contribution < -0.4 is 0 Å². The largest absolute Gasteiger partial charge is 0.461 e. The molecule has 0 aromatic heterocycles. The predicted molar refractivity (Wildman–Crippen MR) is 214 cm³/mol. The van der Waals surface area contributed by atoms with E-state index < -0.39 is 84.2 Å². The van der Waals surface area contributed by atoms with Crippen molar-refractivity contribution in [2.75, 3.05) is 0 Å². The van der Waals surface area contributed by atoms with E-state index >= 15 is 0 Å². The van der Waals surface area contributed by atoms with Crippen LogP contribution in [0.2, 0.25) is 0 Å². The highest BCUT2D eigenvalue weighted by Crippen LogP contribution is 2.38. The standard InChI is InChI=1S/C44H68O14/c1-29-21-23-37-27-35(47)25-33(45)19-15-11-8-6-10-14-18-32(4)56-42(52)40(50)44(54)30(2)22-24-38(58-44)28-36(48)26-34(46)20-16-12-7-5-9-13-17-31(3)55-41(51)39(49)43(29,53)57-37/h5-12,29-34,37-40,45-46,49-50,53-54H,13-28H2,1-4H3/b9-5-,10-6-,11-8-,12-7-/t29-,30-,31+,32+,33+,34+,37+,38+,39?,40?,43-,44-/m1/s1. The van der Waals surface area contributed by atoms with Crippen LogP contribution in [0.15, 0.2) is 48.6 Å². The Kier molecular flexibility index (Phi) is 20.6. The van der Waals surface area contributed by atoms with Gasteiger partial charge in [0.15, 0.2) is 0 Å². The Morgan fingerprint density at radius 2 is 0.810 bits per heavy atom. The summed E-state index contributed by atoms with van der Waals surface area (Å²) in [5.41, 5.74) is 0. The lowest BCUT2D eigenvalue weighted by molar-refractivity contribution is -0.317. The van der Waals surface area contributed by atoms with E-state index in [4.69, 9.17) is 18.9 Å². The monoisotopic (exact) mass is 820 g/mol. The summed E-state index contributed by atoms with van der Waals surface area (Å²) < 4.78 is 22.4. The SMILES string of the molecule is C[C@@H]1CC[C@H]2CC(=O)C[C@@H](O)CC/C=C\C=C/CC[C@H](C)OC(=O)C(O)[C@]3(O)O[C@@H](CC[C@H]3C)CC(=O)C[C@@H](O)CC/C=C\C=C/CC[C@H](C)OC(=O)C(O)[C@]1(O)O2. The van der Waals surface area contributed by atoms with Gasteiger partial charge in [-0.1, -0.05) is 62.5 Å². The number of ether oxygens (including phenoxy) is 4. The Bertz CT molecular complexity index is 1330. The van der Waals surface area contributed by atoms with Crippen LogP contribution in [0.5, 0.6) is 0 Å². The molecule has 2 saturated heterocycles. The zero-order valence-electron chi connectivity index (χ0n) is 34.7. The van der Waals surface area contributed by atoms with E-state index in [1.165, 1.54) is 0 Å². The van der Waals surface area contributed by atoms with Crippen LogP contribution in [0.3, 0.4) is 0 Å². The number of allylic oxidation sites excluding steroid dienone is 8. The Morgan fingerprint density at radius 3 is 1.16 bits per heavy atom. The maximum Gasteiger partial charge on any atom is 0.340 e. The van der Waals surface area contributed by atoms with E-state index in [0.717, 1.165) is 0 Å². The fourth-order valence-electron chi connectivity index (χ4n) is 7.45. The second-order valence-corrected chi connectivity index (χ2v) is 16.5. The summed E-state index contributed by atoms with van der Waals surface area (Å²) in [6.45, 7) is 6.65. The summed E-state index contributed by atoms with van der Waals surface area (Å²) in [5.74, 6) is -8.28. The maximum atomic E-state index is 12.9. The molecule has 14 nitrogen and oxygen atoms in total. The third-order valence-electron chi connectivity index (χ3n) is 11.2. The van der Waals surface area contributed by atoms with Crippen LogP contribution in [-0.4, -0.2) is 115 Å². The molecule has 4 bridgehead atoms. The topological polar surface area (TPSA) is 227 Å². The molecule has 0 saturated carbocycles. The molecule has 12 atom stereocenters. The van der Waals surface area contributed by atoms with Gasteiger partial charge in [-0.05, 0) is 90.9 Å². The first kappa shape index (κ1) is 49.3. The quantitative estimate of drug-likeness (QED) is 0.187. The molecule has 2 fully saturated rings. The van der Waals surface area contributed by atoms with Gasteiger partial charge in [-0.25, -0.2) is 9.59 Å². The van der Waals surface area contributed by atoms with Gasteiger partial charge in [-0.15, -0.1) is 0 Å². The van der Waals surface area contributed by atoms with Crippen LogP contribution in [0.4, 0.5) is 0 Å². The number of fused-ring (bicyclic) bond motifs is 4. The van der Waals surface area contributed by atoms with Gasteiger partial charge in [0.05, 0.1) is 36.6 Å². The number of aliphatic hydroxyl groups excluding tert-OH is 4. The lowest BCUT2D eigenvalue weighted by atomic mass is 9.85. The van der Waals surface area contributed by atoms with Gasteiger partial charge >= 0.3 is 11.9 Å². The molecule has 3 aliphatic rings. The molecule has 0 radical (unpaired) electrons. The molecule has 0 spiro atoms. The van der Waals surface area contributed by atoms with Gasteiger partial charge in [0.1, 0.15) is 11.6 Å². The van der Waals surface area contributed by atoms with E-state index in [1.807, 2.05) is 24.3 Å². The van der Waals surface area contributed by atoms with E-state index in [0.29, 0.717) is 77.0 Å². The van der Waals surface area contributed by atoms with Gasteiger partial charge in [-0.3, -0.25) is 9.59 Å². The molecule has 0 aromatic rings. The number of esters is 2. The second kappa shape index (κ2) is 24.2. The van der Waals surface area contributed by atoms with Crippen molar-refractivity contribution in [3.8, 4) is 0 Å². The molecule has 6 N–H and O–H groups in total. The molecule has 58 heavy (non-hydrogen) atoms. The number of Topliss-reactive ketones (excluding diaryl/α,β-unsaturated/α-hetero) is 2. The smallest absolute Gasteiger partial charge is 0.340 e. The first-order valence-electron chi connectivity index (χ1n) is 21.0. The second-order valence-electron chi connectivity index (χ2n) is 16.5. The van der Waals surface area contributed by atoms with E-state index in [2.05, 4.69) is 0 Å². The van der Waals surface area contributed by atoms with Gasteiger partial charge in [0.2, 0.25) is 23.8 Å². The minimum absolute atomic E-state index is 0.0925. The normalized spacial score (nSPS) is 40.8. The van der Waals surface area contributed by atoms with Crippen molar-refractivity contribution in [1.82, 2.24) is 0 Å². The van der Waals surface area contributed by atoms with Crippen LogP contribution >= 0.6 is 0 Å². The molecule has 3 heterocycles. The summed E-state index contributed by atoms with van der Waals surface area (Å²) in [6.07, 6.45) is 11.1. The molecule has 0 aromatic carbocycles. The summed E-state index contributed by atoms with van der Waals surface area (Å²) >= 11 is 0. The summed E-state index contributed by atoms with van der Waals surface area (Å²) in [6, 6.07) is 0. The zero-order chi connectivity index (χ0) is 42.9. The molecule has 14 heteroatoms. The van der Waals surface area contributed by atoms with Gasteiger partial charge in [-0.2, -0.15) is 0 Å². The molecular formula is C44H68O14. The first-order valence-corrected chi connectivity index (χ1v) is 21.0. The number of cyclic esters (lactones) is 2. The van der Waals surface area contributed by atoms with E-state index in [-0.39, 0.29) is 37.2 Å². The number of carbonyl (C=O) groups is 4. The number of ketones is 2. The predicted octanol–water partition coefficient (Wildman–Crippen LogP) is 4.36.